The molecule has 1 unspecified atom stereocenters. The van der Waals surface area contributed by atoms with Crippen molar-refractivity contribution in [3.8, 4) is 6.07 Å². The maximum Gasteiger partial charge on any atom is 0.240 e. The normalized spacial score (nSPS) is 20.9. The van der Waals surface area contributed by atoms with Crippen LogP contribution in [0, 0.1) is 11.3 Å². The van der Waals surface area contributed by atoms with Crippen LogP contribution in [0.5, 0.6) is 0 Å². The highest BCUT2D eigenvalue weighted by molar-refractivity contribution is 5.82. The summed E-state index contributed by atoms with van der Waals surface area (Å²) < 4.78 is 0. The lowest BCUT2D eigenvalue weighted by Crippen LogP contribution is -2.44. The molecule has 100 valence electrons. The van der Waals surface area contributed by atoms with Crippen LogP contribution in [0.4, 0.5) is 0 Å². The first kappa shape index (κ1) is 13.5. The van der Waals surface area contributed by atoms with Crippen molar-refractivity contribution in [2.45, 2.75) is 25.4 Å². The van der Waals surface area contributed by atoms with Crippen LogP contribution in [-0.2, 0) is 11.3 Å². The maximum atomic E-state index is 12.3. The van der Waals surface area contributed by atoms with E-state index in [4.69, 9.17) is 5.26 Å². The number of hydrogen-bond acceptors (Lipinski definition) is 4. The lowest BCUT2D eigenvalue weighted by Gasteiger charge is -2.27. The fourth-order valence-electron chi connectivity index (χ4n) is 2.41. The molecule has 5 nitrogen and oxygen atoms in total. The molecule has 0 radical (unpaired) electrons. The van der Waals surface area contributed by atoms with Gasteiger partial charge in [-0.1, -0.05) is 6.07 Å². The number of nitrogens with zero attached hydrogens (tertiary/aromatic N) is 4. The Hall–Kier alpha value is -1.93. The van der Waals surface area contributed by atoms with Crippen molar-refractivity contribution in [2.75, 3.05) is 20.1 Å². The largest absolute Gasteiger partial charge is 0.344 e. The highest BCUT2D eigenvalue weighted by atomic mass is 16.2. The summed E-state index contributed by atoms with van der Waals surface area (Å²) in [7, 11) is 1.81. The lowest BCUT2D eigenvalue weighted by atomic mass is 10.1. The Balaban J connectivity index is 2.16. The van der Waals surface area contributed by atoms with Gasteiger partial charge in [0.25, 0.3) is 0 Å². The molecule has 2 heterocycles. The van der Waals surface area contributed by atoms with Gasteiger partial charge in [-0.05, 0) is 18.1 Å². The second-order valence-electron chi connectivity index (χ2n) is 4.82. The fraction of sp³-hybridized carbons (Fsp3) is 0.500. The van der Waals surface area contributed by atoms with Crippen LogP contribution in [0.3, 0.4) is 0 Å². The van der Waals surface area contributed by atoms with Gasteiger partial charge in [0.05, 0.1) is 12.5 Å². The van der Waals surface area contributed by atoms with Crippen molar-refractivity contribution >= 4 is 5.91 Å². The minimum Gasteiger partial charge on any atom is -0.344 e. The summed E-state index contributed by atoms with van der Waals surface area (Å²) in [6.07, 6.45) is 4.72. The van der Waals surface area contributed by atoms with Gasteiger partial charge in [0.2, 0.25) is 5.91 Å². The molecule has 0 spiro atoms. The molecule has 1 aliphatic heterocycles. The first-order chi connectivity index (χ1) is 9.22. The number of aromatic nitrogens is 1. The molecule has 1 atom stereocenters. The Morgan fingerprint density at radius 2 is 2.37 bits per heavy atom. The molecule has 0 aliphatic carbocycles. The quantitative estimate of drug-likeness (QED) is 0.812. The fourth-order valence-corrected chi connectivity index (χ4v) is 2.41. The van der Waals surface area contributed by atoms with Gasteiger partial charge in [-0.2, -0.15) is 5.26 Å². The summed E-state index contributed by atoms with van der Waals surface area (Å²) in [6.45, 7) is 2.25. The zero-order valence-corrected chi connectivity index (χ0v) is 11.1. The van der Waals surface area contributed by atoms with E-state index in [9.17, 15) is 4.79 Å². The van der Waals surface area contributed by atoms with Crippen LogP contribution in [-0.4, -0.2) is 46.9 Å². The zero-order chi connectivity index (χ0) is 13.7. The highest BCUT2D eigenvalue weighted by Crippen LogP contribution is 2.16. The number of hydrogen-bond donors (Lipinski definition) is 0. The van der Waals surface area contributed by atoms with Crippen LogP contribution in [0.15, 0.2) is 24.5 Å². The summed E-state index contributed by atoms with van der Waals surface area (Å²) in [6, 6.07) is 5.68. The van der Waals surface area contributed by atoms with E-state index in [1.807, 2.05) is 18.3 Å². The molecule has 0 saturated carbocycles. The van der Waals surface area contributed by atoms with Crippen molar-refractivity contribution in [1.29, 1.82) is 5.26 Å². The molecule has 19 heavy (non-hydrogen) atoms. The number of amides is 1. The Morgan fingerprint density at radius 3 is 3.05 bits per heavy atom. The van der Waals surface area contributed by atoms with E-state index >= 15 is 0 Å². The van der Waals surface area contributed by atoms with Crippen molar-refractivity contribution < 1.29 is 4.79 Å². The van der Waals surface area contributed by atoms with Crippen LogP contribution >= 0.6 is 0 Å². The number of carbonyl (C=O) groups is 1. The van der Waals surface area contributed by atoms with Gasteiger partial charge in [0.1, 0.15) is 6.04 Å². The average molecular weight is 258 g/mol. The van der Waals surface area contributed by atoms with E-state index in [0.717, 1.165) is 25.1 Å². The second kappa shape index (κ2) is 6.30. The third-order valence-corrected chi connectivity index (χ3v) is 3.43. The van der Waals surface area contributed by atoms with Gasteiger partial charge in [-0.15, -0.1) is 0 Å². The standard InChI is InChI=1S/C14H18N4O/c1-17-8-3-9-18(13(5-6-15)14(17)19)11-12-4-2-7-16-10-12/h2,4,7,10,13H,3,5,8-9,11H2,1H3. The average Bonchev–Trinajstić information content (AvgIpc) is 2.55. The zero-order valence-electron chi connectivity index (χ0n) is 11.1. The molecular weight excluding hydrogens is 240 g/mol. The molecule has 1 aromatic heterocycles. The Kier molecular flexibility index (Phi) is 4.48. The molecular formula is C14H18N4O. The predicted octanol–water partition coefficient (Wildman–Crippen LogP) is 1.03. The van der Waals surface area contributed by atoms with Crippen molar-refractivity contribution in [3.05, 3.63) is 30.1 Å². The third-order valence-electron chi connectivity index (χ3n) is 3.43. The molecule has 0 bridgehead atoms. The monoisotopic (exact) mass is 258 g/mol. The lowest BCUT2D eigenvalue weighted by molar-refractivity contribution is -0.134. The van der Waals surface area contributed by atoms with Gasteiger partial charge in [0, 0.05) is 39.1 Å². The summed E-state index contributed by atoms with van der Waals surface area (Å²) in [5, 5.41) is 8.94. The van der Waals surface area contributed by atoms with E-state index in [1.165, 1.54) is 0 Å². The highest BCUT2D eigenvalue weighted by Gasteiger charge is 2.30. The molecule has 1 aliphatic rings. The molecule has 1 saturated heterocycles. The van der Waals surface area contributed by atoms with Gasteiger partial charge < -0.3 is 4.90 Å². The summed E-state index contributed by atoms with van der Waals surface area (Å²) >= 11 is 0. The SMILES string of the molecule is CN1CCCN(Cc2cccnc2)C(CC#N)C1=O. The molecule has 0 N–H and O–H groups in total. The Bertz CT molecular complexity index is 468. The van der Waals surface area contributed by atoms with Crippen molar-refractivity contribution in [1.82, 2.24) is 14.8 Å². The molecule has 5 heteroatoms. The van der Waals surface area contributed by atoms with Gasteiger partial charge in [-0.3, -0.25) is 14.7 Å². The maximum absolute atomic E-state index is 12.3. The summed E-state index contributed by atoms with van der Waals surface area (Å²) in [5.41, 5.74) is 1.07. The van der Waals surface area contributed by atoms with Crippen LogP contribution in [0.1, 0.15) is 18.4 Å². The number of carbonyl (C=O) groups excluding carboxylic acids is 1. The number of nitriles is 1. The Labute approximate surface area is 113 Å². The first-order valence-corrected chi connectivity index (χ1v) is 6.47. The van der Waals surface area contributed by atoms with Crippen LogP contribution < -0.4 is 0 Å². The molecule has 1 amide bonds. The van der Waals surface area contributed by atoms with Crippen LogP contribution in [0.2, 0.25) is 0 Å². The van der Waals surface area contributed by atoms with E-state index in [2.05, 4.69) is 16.0 Å². The third kappa shape index (κ3) is 3.30. The molecule has 1 aromatic rings. The van der Waals surface area contributed by atoms with E-state index in [-0.39, 0.29) is 18.4 Å². The second-order valence-corrected chi connectivity index (χ2v) is 4.82. The van der Waals surface area contributed by atoms with E-state index in [1.54, 1.807) is 18.1 Å². The first-order valence-electron chi connectivity index (χ1n) is 6.47. The Morgan fingerprint density at radius 1 is 1.53 bits per heavy atom. The van der Waals surface area contributed by atoms with E-state index < -0.39 is 0 Å². The van der Waals surface area contributed by atoms with Crippen LogP contribution in [0.25, 0.3) is 0 Å². The molecule has 1 fully saturated rings. The summed E-state index contributed by atoms with van der Waals surface area (Å²) in [4.78, 5) is 20.2. The minimum atomic E-state index is -0.335. The van der Waals surface area contributed by atoms with Gasteiger partial charge in [0.15, 0.2) is 0 Å². The molecule has 2 rings (SSSR count). The summed E-state index contributed by atoms with van der Waals surface area (Å²) in [5.74, 6) is 0.0444. The van der Waals surface area contributed by atoms with E-state index in [0.29, 0.717) is 6.54 Å². The predicted molar refractivity (Wildman–Crippen MR) is 70.9 cm³/mol. The van der Waals surface area contributed by atoms with Crippen molar-refractivity contribution in [2.24, 2.45) is 0 Å². The number of pyridine rings is 1. The van der Waals surface area contributed by atoms with Gasteiger partial charge >= 0.3 is 0 Å². The molecule has 0 aromatic carbocycles. The van der Waals surface area contributed by atoms with Gasteiger partial charge in [-0.25, -0.2) is 0 Å². The number of rotatable bonds is 3. The van der Waals surface area contributed by atoms with Crippen molar-refractivity contribution in [3.63, 3.8) is 0 Å². The topological polar surface area (TPSA) is 60.2 Å². The number of likely N-dealkylation sites (N-methyl/N-ethyl adjacent to an activating group) is 1. The minimum absolute atomic E-state index is 0.0444. The smallest absolute Gasteiger partial charge is 0.240 e.